The SMILES string of the molecule is CCCCn1c(-c2ccccc2)nc(C(F)(F)F)c1CNCc1ccccc1. The summed E-state index contributed by atoms with van der Waals surface area (Å²) in [6.45, 7) is 3.13. The first-order chi connectivity index (χ1) is 13.5. The minimum atomic E-state index is -4.50. The fraction of sp³-hybridized carbons (Fsp3) is 0.318. The molecule has 0 aliphatic heterocycles. The van der Waals surface area contributed by atoms with Crippen LogP contribution in [0.15, 0.2) is 60.7 Å². The molecular formula is C22H24F3N3. The molecule has 2 aromatic carbocycles. The topological polar surface area (TPSA) is 29.9 Å². The zero-order valence-electron chi connectivity index (χ0n) is 15.8. The van der Waals surface area contributed by atoms with Crippen molar-refractivity contribution in [3.63, 3.8) is 0 Å². The lowest BCUT2D eigenvalue weighted by molar-refractivity contribution is -0.141. The predicted octanol–water partition coefficient (Wildman–Crippen LogP) is 5.66. The lowest BCUT2D eigenvalue weighted by Gasteiger charge is -2.14. The van der Waals surface area contributed by atoms with Gasteiger partial charge in [-0.05, 0) is 12.0 Å². The lowest BCUT2D eigenvalue weighted by Crippen LogP contribution is -2.20. The van der Waals surface area contributed by atoms with Crippen LogP contribution in [0.25, 0.3) is 11.4 Å². The van der Waals surface area contributed by atoms with E-state index in [4.69, 9.17) is 0 Å². The van der Waals surface area contributed by atoms with Gasteiger partial charge in [-0.1, -0.05) is 74.0 Å². The zero-order valence-corrected chi connectivity index (χ0v) is 15.8. The van der Waals surface area contributed by atoms with Crippen LogP contribution in [0.1, 0.15) is 36.7 Å². The second kappa shape index (κ2) is 9.06. The molecule has 0 spiro atoms. The van der Waals surface area contributed by atoms with Crippen molar-refractivity contribution >= 4 is 0 Å². The van der Waals surface area contributed by atoms with Gasteiger partial charge in [0.25, 0.3) is 0 Å². The van der Waals surface area contributed by atoms with Crippen LogP contribution < -0.4 is 5.32 Å². The Morgan fingerprint density at radius 1 is 0.929 bits per heavy atom. The van der Waals surface area contributed by atoms with Crippen LogP contribution in [0, 0.1) is 0 Å². The Kier molecular flexibility index (Phi) is 6.52. The molecule has 0 aliphatic rings. The van der Waals surface area contributed by atoms with Crippen molar-refractivity contribution in [1.29, 1.82) is 0 Å². The highest BCUT2D eigenvalue weighted by atomic mass is 19.4. The van der Waals surface area contributed by atoms with Crippen molar-refractivity contribution in [1.82, 2.24) is 14.9 Å². The van der Waals surface area contributed by atoms with E-state index in [1.165, 1.54) is 0 Å². The van der Waals surface area contributed by atoms with E-state index < -0.39 is 11.9 Å². The van der Waals surface area contributed by atoms with Crippen LogP contribution in [-0.2, 0) is 25.8 Å². The standard InChI is InChI=1S/C22H24F3N3/c1-2-3-14-28-19(16-26-15-17-10-6-4-7-11-17)20(22(23,24)25)27-21(28)18-12-8-5-9-13-18/h4-13,26H,2-3,14-16H2,1H3. The number of halogens is 3. The minimum Gasteiger partial charge on any atom is -0.326 e. The smallest absolute Gasteiger partial charge is 0.326 e. The van der Waals surface area contributed by atoms with Gasteiger partial charge in [-0.25, -0.2) is 4.98 Å². The maximum Gasteiger partial charge on any atom is 0.435 e. The average Bonchev–Trinajstić information content (AvgIpc) is 3.07. The first-order valence-electron chi connectivity index (χ1n) is 9.47. The van der Waals surface area contributed by atoms with Crippen molar-refractivity contribution in [2.75, 3.05) is 0 Å². The molecule has 0 fully saturated rings. The number of alkyl halides is 3. The molecular weight excluding hydrogens is 363 g/mol. The van der Waals surface area contributed by atoms with E-state index in [0.717, 1.165) is 18.4 Å². The van der Waals surface area contributed by atoms with Crippen molar-refractivity contribution in [3.05, 3.63) is 77.6 Å². The minimum absolute atomic E-state index is 0.104. The summed E-state index contributed by atoms with van der Waals surface area (Å²) in [6.07, 6.45) is -2.81. The normalized spacial score (nSPS) is 11.7. The first-order valence-corrected chi connectivity index (χ1v) is 9.47. The molecule has 0 atom stereocenters. The van der Waals surface area contributed by atoms with Crippen molar-refractivity contribution in [3.8, 4) is 11.4 Å². The number of nitrogens with one attached hydrogen (secondary N) is 1. The Bertz CT molecular complexity index is 871. The summed E-state index contributed by atoms with van der Waals surface area (Å²) in [6, 6.07) is 18.7. The number of rotatable bonds is 8. The van der Waals surface area contributed by atoms with E-state index in [9.17, 15) is 13.2 Å². The van der Waals surface area contributed by atoms with E-state index >= 15 is 0 Å². The first kappa shape index (κ1) is 20.1. The molecule has 1 aromatic heterocycles. The molecule has 6 heteroatoms. The molecule has 3 nitrogen and oxygen atoms in total. The number of hydrogen-bond acceptors (Lipinski definition) is 2. The second-order valence-electron chi connectivity index (χ2n) is 6.69. The summed E-state index contributed by atoms with van der Waals surface area (Å²) in [4.78, 5) is 4.03. The van der Waals surface area contributed by atoms with Crippen LogP contribution in [0.3, 0.4) is 0 Å². The Labute approximate surface area is 163 Å². The number of hydrogen-bond donors (Lipinski definition) is 1. The van der Waals surface area contributed by atoms with E-state index in [0.29, 0.717) is 24.5 Å². The van der Waals surface area contributed by atoms with Gasteiger partial charge in [-0.15, -0.1) is 0 Å². The molecule has 0 amide bonds. The fourth-order valence-electron chi connectivity index (χ4n) is 3.18. The van der Waals surface area contributed by atoms with Crippen LogP contribution >= 0.6 is 0 Å². The molecule has 0 radical (unpaired) electrons. The maximum absolute atomic E-state index is 13.7. The Balaban J connectivity index is 1.95. The summed E-state index contributed by atoms with van der Waals surface area (Å²) < 4.78 is 42.9. The van der Waals surface area contributed by atoms with Crippen LogP contribution in [0.2, 0.25) is 0 Å². The third kappa shape index (κ3) is 4.81. The van der Waals surface area contributed by atoms with E-state index in [1.54, 1.807) is 16.7 Å². The largest absolute Gasteiger partial charge is 0.435 e. The second-order valence-corrected chi connectivity index (χ2v) is 6.69. The summed E-state index contributed by atoms with van der Waals surface area (Å²) >= 11 is 0. The monoisotopic (exact) mass is 387 g/mol. The Hall–Kier alpha value is -2.60. The molecule has 148 valence electrons. The number of nitrogens with zero attached hydrogens (tertiary/aromatic N) is 2. The third-order valence-corrected chi connectivity index (χ3v) is 4.57. The quantitative estimate of drug-likeness (QED) is 0.541. The van der Waals surface area contributed by atoms with Gasteiger partial charge < -0.3 is 9.88 Å². The highest BCUT2D eigenvalue weighted by Gasteiger charge is 2.38. The molecule has 0 saturated carbocycles. The number of benzene rings is 2. The van der Waals surface area contributed by atoms with Gasteiger partial charge in [0.05, 0.1) is 5.69 Å². The van der Waals surface area contributed by atoms with Crippen molar-refractivity contribution in [2.45, 2.75) is 45.6 Å². The van der Waals surface area contributed by atoms with Gasteiger partial charge in [0, 0.05) is 25.2 Å². The van der Waals surface area contributed by atoms with Gasteiger partial charge in [0.1, 0.15) is 5.82 Å². The molecule has 1 heterocycles. The molecule has 3 aromatic rings. The molecule has 28 heavy (non-hydrogen) atoms. The zero-order chi connectivity index (χ0) is 20.0. The Morgan fingerprint density at radius 3 is 2.18 bits per heavy atom. The number of imidazole rings is 1. The average molecular weight is 387 g/mol. The summed E-state index contributed by atoms with van der Waals surface area (Å²) in [5.41, 5.74) is 1.11. The summed E-state index contributed by atoms with van der Waals surface area (Å²) in [5, 5.41) is 3.15. The summed E-state index contributed by atoms with van der Waals surface area (Å²) in [5.74, 6) is 0.373. The highest BCUT2D eigenvalue weighted by Crippen LogP contribution is 2.35. The molecule has 1 N–H and O–H groups in total. The van der Waals surface area contributed by atoms with Crippen LogP contribution in [0.4, 0.5) is 13.2 Å². The van der Waals surface area contributed by atoms with Crippen LogP contribution in [0.5, 0.6) is 0 Å². The summed E-state index contributed by atoms with van der Waals surface area (Å²) in [7, 11) is 0. The van der Waals surface area contributed by atoms with Gasteiger partial charge in [0.15, 0.2) is 5.69 Å². The number of unbranched alkanes of at least 4 members (excludes halogenated alkanes) is 1. The predicted molar refractivity (Wildman–Crippen MR) is 105 cm³/mol. The highest BCUT2D eigenvalue weighted by molar-refractivity contribution is 5.57. The molecule has 0 saturated heterocycles. The molecule has 0 bridgehead atoms. The van der Waals surface area contributed by atoms with Gasteiger partial charge in [-0.3, -0.25) is 0 Å². The fourth-order valence-corrected chi connectivity index (χ4v) is 3.18. The van der Waals surface area contributed by atoms with Crippen molar-refractivity contribution < 1.29 is 13.2 Å². The third-order valence-electron chi connectivity index (χ3n) is 4.57. The Morgan fingerprint density at radius 2 is 1.57 bits per heavy atom. The number of aromatic nitrogens is 2. The van der Waals surface area contributed by atoms with Gasteiger partial charge in [0.2, 0.25) is 0 Å². The lowest BCUT2D eigenvalue weighted by atomic mass is 10.2. The van der Waals surface area contributed by atoms with Gasteiger partial charge in [-0.2, -0.15) is 13.2 Å². The van der Waals surface area contributed by atoms with Crippen LogP contribution in [-0.4, -0.2) is 9.55 Å². The molecule has 0 aliphatic carbocycles. The molecule has 0 unspecified atom stereocenters. The van der Waals surface area contributed by atoms with E-state index in [2.05, 4.69) is 10.3 Å². The van der Waals surface area contributed by atoms with Gasteiger partial charge >= 0.3 is 6.18 Å². The molecule has 3 rings (SSSR count). The maximum atomic E-state index is 13.7. The van der Waals surface area contributed by atoms with E-state index in [-0.39, 0.29) is 12.2 Å². The van der Waals surface area contributed by atoms with Crippen molar-refractivity contribution in [2.24, 2.45) is 0 Å². The van der Waals surface area contributed by atoms with E-state index in [1.807, 2.05) is 55.5 Å².